The maximum Gasteiger partial charge on any atom is 0.386 e. The van der Waals surface area contributed by atoms with Gasteiger partial charge in [-0.1, -0.05) is 0 Å². The summed E-state index contributed by atoms with van der Waals surface area (Å²) in [6, 6.07) is 3.67. The summed E-state index contributed by atoms with van der Waals surface area (Å²) < 4.78 is 5.80. The lowest BCUT2D eigenvalue weighted by Crippen LogP contribution is -2.30. The third-order valence-corrected chi connectivity index (χ3v) is 3.67. The van der Waals surface area contributed by atoms with Gasteiger partial charge in [0.05, 0.1) is 6.10 Å². The first-order valence-electron chi connectivity index (χ1n) is 7.37. The van der Waals surface area contributed by atoms with E-state index in [0.717, 1.165) is 32.1 Å². The first-order chi connectivity index (χ1) is 10.2. The first kappa shape index (κ1) is 15.7. The molecule has 0 atom stereocenters. The van der Waals surface area contributed by atoms with Crippen LogP contribution < -0.4 is 11.1 Å². The Labute approximate surface area is 124 Å². The number of anilines is 1. The number of pyridine rings is 1. The molecule has 7 nitrogen and oxygen atoms in total. The van der Waals surface area contributed by atoms with Gasteiger partial charge in [0.25, 0.3) is 0 Å². The molecule has 116 valence electrons. The minimum Gasteiger partial charge on any atom is -0.378 e. The van der Waals surface area contributed by atoms with Gasteiger partial charge in [0.1, 0.15) is 11.9 Å². The summed E-state index contributed by atoms with van der Waals surface area (Å²) in [5, 5.41) is 13.8. The van der Waals surface area contributed by atoms with E-state index in [4.69, 9.17) is 10.5 Å². The number of nitrogens with one attached hydrogen (secondary N) is 1. The topological polar surface area (TPSA) is 103 Å². The lowest BCUT2D eigenvalue weighted by Gasteiger charge is -2.26. The van der Waals surface area contributed by atoms with Crippen LogP contribution in [-0.4, -0.2) is 35.2 Å². The molecule has 21 heavy (non-hydrogen) atoms. The quantitative estimate of drug-likeness (QED) is 0.453. The van der Waals surface area contributed by atoms with E-state index in [1.54, 1.807) is 12.1 Å². The molecule has 1 aliphatic carbocycles. The Morgan fingerprint density at radius 3 is 2.90 bits per heavy atom. The van der Waals surface area contributed by atoms with Gasteiger partial charge < -0.3 is 25.9 Å². The Morgan fingerprint density at radius 1 is 1.43 bits per heavy atom. The Bertz CT molecular complexity index is 461. The van der Waals surface area contributed by atoms with Gasteiger partial charge in [-0.25, -0.2) is 0 Å². The maximum absolute atomic E-state index is 10.8. The number of nitrogens with two attached hydrogens (primary N) is 1. The largest absolute Gasteiger partial charge is 0.386 e. The van der Waals surface area contributed by atoms with Gasteiger partial charge in [0.2, 0.25) is 0 Å². The molecule has 0 aliphatic heterocycles. The predicted octanol–water partition coefficient (Wildman–Crippen LogP) is 2.08. The molecule has 0 saturated heterocycles. The molecule has 1 aromatic rings. The van der Waals surface area contributed by atoms with Crippen LogP contribution in [0.2, 0.25) is 0 Å². The highest BCUT2D eigenvalue weighted by Crippen LogP contribution is 2.21. The normalized spacial score (nSPS) is 22.0. The third-order valence-electron chi connectivity index (χ3n) is 3.67. The van der Waals surface area contributed by atoms with Crippen LogP contribution in [0.4, 0.5) is 11.5 Å². The molecule has 1 aliphatic rings. The molecule has 0 amide bonds. The van der Waals surface area contributed by atoms with Gasteiger partial charge in [0, 0.05) is 19.2 Å². The van der Waals surface area contributed by atoms with Gasteiger partial charge in [-0.3, -0.25) is 0 Å². The molecular weight excluding hydrogens is 272 g/mol. The van der Waals surface area contributed by atoms with Gasteiger partial charge in [-0.2, -0.15) is 0 Å². The molecule has 1 saturated carbocycles. The van der Waals surface area contributed by atoms with Gasteiger partial charge in [-0.05, 0) is 54.1 Å². The van der Waals surface area contributed by atoms with Crippen LogP contribution in [-0.2, 0) is 4.74 Å². The fourth-order valence-electron chi connectivity index (χ4n) is 2.48. The fraction of sp³-hybridized carbons (Fsp3) is 0.643. The lowest BCUT2D eigenvalue weighted by molar-refractivity contribution is -0.388. The van der Waals surface area contributed by atoms with Crippen LogP contribution in [0.1, 0.15) is 32.1 Å². The molecular formula is C14H22N4O3. The maximum atomic E-state index is 10.8. The van der Waals surface area contributed by atoms with Crippen LogP contribution in [0.3, 0.4) is 0 Å². The monoisotopic (exact) mass is 294 g/mol. The number of hydrogen-bond acceptors (Lipinski definition) is 6. The van der Waals surface area contributed by atoms with Crippen LogP contribution in [0.5, 0.6) is 0 Å². The second kappa shape index (κ2) is 7.90. The molecule has 0 bridgehead atoms. The molecule has 0 aromatic carbocycles. The van der Waals surface area contributed by atoms with Crippen molar-refractivity contribution in [1.29, 1.82) is 0 Å². The Morgan fingerprint density at radius 2 is 2.19 bits per heavy atom. The molecule has 0 radical (unpaired) electrons. The van der Waals surface area contributed by atoms with E-state index in [-0.39, 0.29) is 5.82 Å². The average Bonchev–Trinajstić information content (AvgIpc) is 2.49. The Kier molecular flexibility index (Phi) is 5.89. The van der Waals surface area contributed by atoms with Crippen LogP contribution in [0.25, 0.3) is 0 Å². The van der Waals surface area contributed by atoms with E-state index < -0.39 is 4.92 Å². The number of ether oxygens (including phenoxy) is 1. The van der Waals surface area contributed by atoms with Gasteiger partial charge >= 0.3 is 5.82 Å². The molecule has 3 N–H and O–H groups in total. The highest BCUT2D eigenvalue weighted by molar-refractivity contribution is 5.56. The van der Waals surface area contributed by atoms with Crippen molar-refractivity contribution >= 4 is 11.5 Å². The molecule has 2 rings (SSSR count). The predicted molar refractivity (Wildman–Crippen MR) is 80.2 cm³/mol. The highest BCUT2D eigenvalue weighted by Gasteiger charge is 2.18. The van der Waals surface area contributed by atoms with Gasteiger partial charge in [-0.15, -0.1) is 0 Å². The zero-order chi connectivity index (χ0) is 15.1. The first-order valence-corrected chi connectivity index (χ1v) is 7.37. The third kappa shape index (κ3) is 4.95. The summed E-state index contributed by atoms with van der Waals surface area (Å²) in [7, 11) is 0. The van der Waals surface area contributed by atoms with E-state index in [1.165, 1.54) is 6.20 Å². The summed E-state index contributed by atoms with van der Waals surface area (Å²) in [4.78, 5) is 14.1. The SMILES string of the molecule is NC1CCC(OCCCNc2cccnc2[N+](=O)[O-])CC1. The Hall–Kier alpha value is -1.73. The number of hydrogen-bond donors (Lipinski definition) is 2. The van der Waals surface area contributed by atoms with Gasteiger partial charge in [0.15, 0.2) is 0 Å². The summed E-state index contributed by atoms with van der Waals surface area (Å²) in [6.07, 6.45) is 6.66. The second-order valence-corrected chi connectivity index (χ2v) is 5.32. The number of nitrogens with zero attached hydrogens (tertiary/aromatic N) is 2. The zero-order valence-corrected chi connectivity index (χ0v) is 12.0. The molecule has 1 fully saturated rings. The van der Waals surface area contributed by atoms with Crippen LogP contribution in [0, 0.1) is 10.1 Å². The fourth-order valence-corrected chi connectivity index (χ4v) is 2.48. The smallest absolute Gasteiger partial charge is 0.378 e. The summed E-state index contributed by atoms with van der Waals surface area (Å²) in [5.41, 5.74) is 6.30. The molecule has 7 heteroatoms. The summed E-state index contributed by atoms with van der Waals surface area (Å²) >= 11 is 0. The molecule has 0 spiro atoms. The second-order valence-electron chi connectivity index (χ2n) is 5.32. The van der Waals surface area contributed by atoms with Crippen molar-refractivity contribution in [3.8, 4) is 0 Å². The number of nitro groups is 1. The standard InChI is InChI=1S/C14H22N4O3/c15-11-4-6-12(7-5-11)21-10-2-9-16-13-3-1-8-17-14(13)18(19)20/h1,3,8,11-12,16H,2,4-7,9-10,15H2. The van der Waals surface area contributed by atoms with Crippen molar-refractivity contribution in [3.05, 3.63) is 28.4 Å². The van der Waals surface area contributed by atoms with E-state index in [2.05, 4.69) is 10.3 Å². The van der Waals surface area contributed by atoms with E-state index in [9.17, 15) is 10.1 Å². The minimum absolute atomic E-state index is 0.139. The minimum atomic E-state index is -0.482. The van der Waals surface area contributed by atoms with Crippen molar-refractivity contribution in [1.82, 2.24) is 4.98 Å². The highest BCUT2D eigenvalue weighted by atomic mass is 16.6. The summed E-state index contributed by atoms with van der Waals surface area (Å²) in [5.74, 6) is -0.139. The van der Waals surface area contributed by atoms with E-state index in [0.29, 0.717) is 31.0 Å². The zero-order valence-electron chi connectivity index (χ0n) is 12.0. The van der Waals surface area contributed by atoms with Crippen LogP contribution in [0.15, 0.2) is 18.3 Å². The van der Waals surface area contributed by atoms with Crippen molar-refractivity contribution in [2.75, 3.05) is 18.5 Å². The number of aromatic nitrogens is 1. The van der Waals surface area contributed by atoms with Crippen molar-refractivity contribution in [3.63, 3.8) is 0 Å². The van der Waals surface area contributed by atoms with Crippen molar-refractivity contribution in [2.24, 2.45) is 5.73 Å². The van der Waals surface area contributed by atoms with Crippen molar-refractivity contribution in [2.45, 2.75) is 44.2 Å². The van der Waals surface area contributed by atoms with E-state index >= 15 is 0 Å². The number of rotatable bonds is 7. The summed E-state index contributed by atoms with van der Waals surface area (Å²) in [6.45, 7) is 1.28. The van der Waals surface area contributed by atoms with E-state index in [1.807, 2.05) is 0 Å². The average molecular weight is 294 g/mol. The molecule has 0 unspecified atom stereocenters. The Balaban J connectivity index is 1.65. The van der Waals surface area contributed by atoms with Crippen molar-refractivity contribution < 1.29 is 9.66 Å². The lowest BCUT2D eigenvalue weighted by atomic mass is 9.94. The van der Waals surface area contributed by atoms with Crippen LogP contribution >= 0.6 is 0 Å². The molecule has 1 aromatic heterocycles. The molecule has 1 heterocycles.